The van der Waals surface area contributed by atoms with Gasteiger partial charge in [0.25, 0.3) is 0 Å². The number of carbonyl (C=O) groups is 4. The van der Waals surface area contributed by atoms with E-state index >= 15 is 0 Å². The number of hydrogen-bond donors (Lipinski definition) is 20. The van der Waals surface area contributed by atoms with Crippen molar-refractivity contribution >= 4 is 129 Å². The van der Waals surface area contributed by atoms with Crippen LogP contribution in [0.25, 0.3) is 0 Å². The number of benzene rings is 3. The van der Waals surface area contributed by atoms with E-state index in [2.05, 4.69) is 177 Å². The van der Waals surface area contributed by atoms with Gasteiger partial charge in [-0.15, -0.1) is 0 Å². The first kappa shape index (κ1) is 116. The molecule has 150 heavy (non-hydrogen) atoms. The Labute approximate surface area is 930 Å². The van der Waals surface area contributed by atoms with E-state index in [1.807, 2.05) is 161 Å². The number of H-pyrrole nitrogens is 5. The Morgan fingerprint density at radius 2 is 0.687 bits per heavy atom. The van der Waals surface area contributed by atoms with Crippen LogP contribution >= 0.6 is 34.8 Å². The summed E-state index contributed by atoms with van der Waals surface area (Å²) in [6, 6.07) is 44.9. The molecule has 6 aliphatic rings. The number of aryl methyl sites for hydroxylation is 5. The van der Waals surface area contributed by atoms with Crippen molar-refractivity contribution in [2.24, 2.45) is 11.5 Å². The van der Waals surface area contributed by atoms with Gasteiger partial charge >= 0.3 is 75.7 Å². The molecule has 10 heterocycles. The van der Waals surface area contributed by atoms with E-state index in [1.54, 1.807) is 67.3 Å². The number of nitriles is 2. The number of alkyl carbamates (subject to hydrolysis) is 2. The van der Waals surface area contributed by atoms with E-state index in [9.17, 15) is 19.2 Å². The molecule has 2 unspecified atom stereocenters. The minimum atomic E-state index is -0.478. The summed E-state index contributed by atoms with van der Waals surface area (Å²) >= 11 is 16.4. The van der Waals surface area contributed by atoms with Crippen LogP contribution in [0.1, 0.15) is 208 Å². The molecule has 0 radical (unpaired) electrons. The second kappa shape index (κ2) is 58.2. The van der Waals surface area contributed by atoms with Crippen LogP contribution < -0.4 is 137 Å². The van der Waals surface area contributed by atoms with E-state index in [0.717, 1.165) is 185 Å². The standard InChI is InChI=1S/C25H29N9O.C19H29N7O2.C17H14N2O2.C14H21N7.C11H22N2O2.C8H8ClN5.C4H2Cl2N2.C4H7N3.K.H/c1-15-10-23(34-33-15)31-22-8-9-27-24(32-22)28-19-4-6-20(7-5-19)29-25(35)30-21-12-17-3-2-16(14-26)11-18(17)13-21;1-12-11-16(26-25-12)23-15-9-10-20-17(24-15)21-13-5-7-14(8-6-13)22-18(27)28-19(2,3)4;18-11-12-6-7-13-9-15(10-14(13)8-12)19-17(20)21-16-4-2-1-3-5-16;1-9-8-13(21-20-9)18-12-6-7-16-14(19-12)17-11-4-2-10(15)3-5-11;1-11(2,3)15-10(14)13-9-6-4-8(12)5-7-9;1-5-4-7(14-13-5)11-6-2-3-10-8(9)12-6;5-3-1-2-7-4(6)8-3;1-3-2-4(5)7-6-3;;/h2-3,8-11,19-21H,4-7,12-13H2,1H3,(H2,29,30,35)(H3,27,28,31,32,33,34);9-11,13-14H,5-8H2,1-4H3,(H,22,27)(H3,20,21,23,24,25,26);1-8,15H,9-10H2,(H,19,20);6-8,10-11H,2-5,15H2,1H3,(H3,16,17,18,19,20,21);8-9H,4-7,12H2,1-3H3,(H,13,14);2-4H,1H3,(H2,10,11,12,13,14);1-2H;2H,1H3,(H3,5,6,7);;/q;;;;;;;;+1;-1. The normalized spacial score (nSPS) is 18.5. The van der Waals surface area contributed by atoms with Crippen molar-refractivity contribution in [3.63, 3.8) is 0 Å². The molecular weight excluding hydrogens is 2000 g/mol. The van der Waals surface area contributed by atoms with Gasteiger partial charge in [0.05, 0.1) is 23.3 Å². The summed E-state index contributed by atoms with van der Waals surface area (Å²) in [5.41, 5.74) is 27.0. The molecule has 0 spiro atoms. The Kier molecular flexibility index (Phi) is 45.2. The smallest absolute Gasteiger partial charge is 1.00 e. The van der Waals surface area contributed by atoms with Crippen molar-refractivity contribution in [3.05, 3.63) is 236 Å². The summed E-state index contributed by atoms with van der Waals surface area (Å²) in [6.45, 7) is 20.9. The summed E-state index contributed by atoms with van der Waals surface area (Å²) in [5, 5.41) is 90.7. The van der Waals surface area contributed by atoms with E-state index in [0.29, 0.717) is 92.9 Å². The molecule has 5 amide bonds. The number of hydrogen-bond acceptors (Lipinski definition) is 34. The van der Waals surface area contributed by atoms with Gasteiger partial charge in [-0.2, -0.15) is 51.0 Å². The molecule has 48 heteroatoms. The molecule has 790 valence electrons. The second-order valence-corrected chi connectivity index (χ2v) is 39.9. The molecule has 4 saturated carbocycles. The zero-order valence-electron chi connectivity index (χ0n) is 87.3. The summed E-state index contributed by atoms with van der Waals surface area (Å²) in [7, 11) is 0. The number of nitrogens with zero attached hydrogens (tertiary/aromatic N) is 17. The fourth-order valence-electron chi connectivity index (χ4n) is 16.7. The Bertz CT molecular complexity index is 6490. The molecule has 23 N–H and O–H groups in total. The number of aromatic amines is 5. The maximum atomic E-state index is 12.6. The Balaban J connectivity index is 0.000000183. The predicted octanol–water partition coefficient (Wildman–Crippen LogP) is 14.4. The molecule has 19 rings (SSSR count). The maximum absolute atomic E-state index is 12.6. The number of para-hydroxylation sites is 1. The first-order valence-corrected chi connectivity index (χ1v) is 50.5. The van der Waals surface area contributed by atoms with Gasteiger partial charge in [0.15, 0.2) is 23.3 Å². The van der Waals surface area contributed by atoms with Crippen molar-refractivity contribution in [1.29, 1.82) is 10.5 Å². The van der Waals surface area contributed by atoms with Gasteiger partial charge < -0.3 is 96.6 Å². The number of rotatable bonds is 20. The van der Waals surface area contributed by atoms with Crippen LogP contribution in [0.15, 0.2) is 158 Å². The summed E-state index contributed by atoms with van der Waals surface area (Å²) in [4.78, 5) is 89.2. The van der Waals surface area contributed by atoms with Crippen LogP contribution in [-0.2, 0) is 35.2 Å². The van der Waals surface area contributed by atoms with E-state index in [1.165, 1.54) is 17.3 Å². The molecule has 44 nitrogen and oxygen atoms in total. The predicted molar refractivity (Wildman–Crippen MR) is 575 cm³/mol. The van der Waals surface area contributed by atoms with Crippen molar-refractivity contribution < 1.29 is 86.2 Å². The first-order chi connectivity index (χ1) is 71.4. The number of nitrogens with one attached hydrogen (secondary N) is 17. The molecule has 2 atom stereocenters. The number of carbonyl (C=O) groups excluding carboxylic acids is 4. The van der Waals surface area contributed by atoms with E-state index < -0.39 is 17.3 Å². The van der Waals surface area contributed by atoms with E-state index in [4.69, 9.17) is 76.7 Å². The Hall–Kier alpha value is -14.0. The molecule has 6 aliphatic carbocycles. The molecule has 4 fully saturated rings. The van der Waals surface area contributed by atoms with Crippen LogP contribution in [0.2, 0.25) is 15.7 Å². The number of anilines is 12. The van der Waals surface area contributed by atoms with Gasteiger partial charge in [0.2, 0.25) is 28.4 Å². The quantitative estimate of drug-likeness (QED) is 0.0191. The van der Waals surface area contributed by atoms with Crippen LogP contribution in [-0.4, -0.2) is 197 Å². The molecular formula is C102H133Cl3KN37O7. The van der Waals surface area contributed by atoms with Gasteiger partial charge in [-0.05, 0) is 317 Å². The topological polar surface area (TPSA) is 638 Å². The molecule has 0 bridgehead atoms. The van der Waals surface area contributed by atoms with Crippen molar-refractivity contribution in [2.45, 2.75) is 276 Å². The number of nitrogens with two attached hydrogens (primary N) is 3. The SMILES string of the molecule is CC(C)(C)OC(=O)NC1CCC(N)CC1.Cc1cc(N)n[nH]1.Cc1cc(Nc2ccnc(Cl)n2)n[nH]1.Cc1cc(Nc2ccnc(NC3CCC(N)CC3)n2)n[nH]1.Cc1cc(Nc2ccnc(NC3CCC(NC(=O)NC4Cc5ccc(C#N)cc5C4)CC3)n2)n[nH]1.Cc1cc(Nc2ccnc(NC3CCC(NC(=O)OC(C)(C)C)CC3)n2)n[nH]1.Clc1ccnc(Cl)n1.N#Cc1ccc2c(c1)CC(NC(=O)Oc1ccccc1)C2.[H-].[K+]. The molecule has 0 saturated heterocycles. The average Bonchev–Trinajstić information content (AvgIpc) is 1.71. The van der Waals surface area contributed by atoms with Gasteiger partial charge in [-0.1, -0.05) is 41.9 Å². The zero-order chi connectivity index (χ0) is 106. The summed E-state index contributed by atoms with van der Waals surface area (Å²) in [5.74, 6) is 8.49. The summed E-state index contributed by atoms with van der Waals surface area (Å²) in [6.07, 6.45) is 25.6. The second-order valence-electron chi connectivity index (χ2n) is 38.8. The Morgan fingerprint density at radius 1 is 0.367 bits per heavy atom. The number of ether oxygens (including phenoxy) is 3. The van der Waals surface area contributed by atoms with Crippen LogP contribution in [0.3, 0.4) is 0 Å². The number of nitrogen functional groups attached to an aromatic ring is 1. The summed E-state index contributed by atoms with van der Waals surface area (Å²) < 4.78 is 15.7. The van der Waals surface area contributed by atoms with Crippen molar-refractivity contribution in [3.8, 4) is 17.9 Å². The zero-order valence-corrected chi connectivity index (χ0v) is 91.6. The van der Waals surface area contributed by atoms with Crippen LogP contribution in [0.5, 0.6) is 5.75 Å². The van der Waals surface area contributed by atoms with Gasteiger partial charge in [0.1, 0.15) is 51.2 Å². The Morgan fingerprint density at radius 3 is 1.02 bits per heavy atom. The minimum Gasteiger partial charge on any atom is -1.00 e. The number of fused-ring (bicyclic) bond motifs is 2. The number of aromatic nitrogens is 20. The average molecular weight is 2130 g/mol. The van der Waals surface area contributed by atoms with E-state index in [-0.39, 0.29) is 124 Å². The fraction of sp³-hybridized carbons (Fsp3) is 0.422. The van der Waals surface area contributed by atoms with Crippen molar-refractivity contribution in [2.75, 3.05) is 43.0 Å². The largest absolute Gasteiger partial charge is 1.00 e. The molecule has 3 aromatic carbocycles. The fourth-order valence-corrected chi connectivity index (χ4v) is 17.2. The number of halogens is 3. The number of urea groups is 1. The van der Waals surface area contributed by atoms with Gasteiger partial charge in [0, 0.05) is 150 Å². The van der Waals surface area contributed by atoms with Gasteiger partial charge in [-0.25, -0.2) is 54.1 Å². The maximum Gasteiger partial charge on any atom is 1.00 e. The molecule has 13 aromatic rings. The minimum absolute atomic E-state index is 0. The first-order valence-electron chi connectivity index (χ1n) is 49.4. The monoisotopic (exact) mass is 2130 g/mol. The van der Waals surface area contributed by atoms with Crippen LogP contribution in [0, 0.1) is 57.3 Å². The van der Waals surface area contributed by atoms with Gasteiger partial charge in [-0.3, -0.25) is 25.5 Å². The van der Waals surface area contributed by atoms with Crippen LogP contribution in [0.4, 0.5) is 89.4 Å². The third kappa shape index (κ3) is 42.2. The van der Waals surface area contributed by atoms with Crippen molar-refractivity contribution in [1.82, 2.24) is 127 Å². The third-order valence-electron chi connectivity index (χ3n) is 23.7. The third-order valence-corrected chi connectivity index (χ3v) is 24.3. The molecule has 10 aromatic heterocycles. The number of amides is 5. The molecule has 0 aliphatic heterocycles.